The summed E-state index contributed by atoms with van der Waals surface area (Å²) >= 11 is 0. The molecule has 42 heavy (non-hydrogen) atoms. The van der Waals surface area contributed by atoms with Gasteiger partial charge >= 0.3 is 0 Å². The van der Waals surface area contributed by atoms with Gasteiger partial charge in [-0.05, 0) is 60.0 Å². The Morgan fingerprint density at radius 1 is 0.643 bits per heavy atom. The van der Waals surface area contributed by atoms with Crippen molar-refractivity contribution >= 4 is 54.8 Å². The number of anilines is 2. The van der Waals surface area contributed by atoms with Crippen LogP contribution in [-0.4, -0.2) is 30.2 Å². The summed E-state index contributed by atoms with van der Waals surface area (Å²) in [5.74, 6) is -0.715. The summed E-state index contributed by atoms with van der Waals surface area (Å²) in [5.41, 5.74) is 5.99. The maximum atomic E-state index is 13.3. The normalized spacial score (nSPS) is 11.8. The first kappa shape index (κ1) is 25.6. The van der Waals surface area contributed by atoms with Crippen LogP contribution in [-0.2, 0) is 14.6 Å². The quantitative estimate of drug-likeness (QED) is 0.245. The number of fused-ring (bicyclic) bond motifs is 4. The lowest BCUT2D eigenvalue weighted by atomic mass is 10.0. The average Bonchev–Trinajstić information content (AvgIpc) is 3.30. The van der Waals surface area contributed by atoms with Crippen molar-refractivity contribution in [3.8, 4) is 22.5 Å². The highest BCUT2D eigenvalue weighted by Crippen LogP contribution is 2.45. The van der Waals surface area contributed by atoms with Crippen molar-refractivity contribution in [1.29, 1.82) is 0 Å². The van der Waals surface area contributed by atoms with Crippen LogP contribution in [0.5, 0.6) is 0 Å². The summed E-state index contributed by atoms with van der Waals surface area (Å²) in [6, 6.07) is 29.4. The van der Waals surface area contributed by atoms with Crippen LogP contribution in [0.4, 0.5) is 11.4 Å². The van der Waals surface area contributed by atoms with Gasteiger partial charge in [0.1, 0.15) is 0 Å². The molecule has 0 unspecified atom stereocenters. The van der Waals surface area contributed by atoms with Gasteiger partial charge in [-0.2, -0.15) is 0 Å². The number of benzene rings is 5. The Morgan fingerprint density at radius 2 is 1.21 bits per heavy atom. The molecular weight excluding hydrogens is 548 g/mol. The van der Waals surface area contributed by atoms with E-state index < -0.39 is 15.7 Å². The Labute approximate surface area is 241 Å². The minimum absolute atomic E-state index is 0.00829. The molecule has 0 saturated carbocycles. The SMILES string of the molecule is CC(=O)Nc1cccc(S(=O)(=O)c2cccc(NC(=O)c3ccc4nc5c(nc4c3)-c3cccc4cccc-5c34)c2)c1. The number of amides is 2. The van der Waals surface area contributed by atoms with E-state index in [0.717, 1.165) is 33.3 Å². The number of sulfone groups is 1. The van der Waals surface area contributed by atoms with Gasteiger partial charge in [-0.1, -0.05) is 48.5 Å². The summed E-state index contributed by atoms with van der Waals surface area (Å²) in [7, 11) is -3.91. The average molecular weight is 571 g/mol. The zero-order valence-corrected chi connectivity index (χ0v) is 23.1. The standard InChI is InChI=1S/C33H22N4O4S/c1-19(38)34-22-8-4-10-24(17-22)42(40,41)25-11-5-9-23(18-25)35-33(39)21-14-15-28-29(16-21)37-32-27-13-3-7-20-6-2-12-26(30(20)27)31(32)36-28/h2-18H,1H3,(H,34,38)(H,35,39). The molecule has 2 N–H and O–H groups in total. The zero-order chi connectivity index (χ0) is 29.0. The van der Waals surface area contributed by atoms with Crippen molar-refractivity contribution in [2.75, 3.05) is 10.6 Å². The van der Waals surface area contributed by atoms with Crippen LogP contribution in [0.1, 0.15) is 17.3 Å². The maximum Gasteiger partial charge on any atom is 0.255 e. The van der Waals surface area contributed by atoms with Gasteiger partial charge in [0.25, 0.3) is 5.91 Å². The van der Waals surface area contributed by atoms with Crippen molar-refractivity contribution in [3.63, 3.8) is 0 Å². The van der Waals surface area contributed by atoms with Crippen LogP contribution >= 0.6 is 0 Å². The highest BCUT2D eigenvalue weighted by Gasteiger charge is 2.25. The molecule has 0 aliphatic heterocycles. The van der Waals surface area contributed by atoms with E-state index in [9.17, 15) is 18.0 Å². The molecule has 0 atom stereocenters. The maximum absolute atomic E-state index is 13.3. The molecule has 7 rings (SSSR count). The molecule has 1 aromatic heterocycles. The number of rotatable bonds is 5. The fourth-order valence-corrected chi connectivity index (χ4v) is 6.68. The Hall–Kier alpha value is -5.41. The smallest absolute Gasteiger partial charge is 0.255 e. The molecule has 0 fully saturated rings. The molecule has 6 aromatic rings. The van der Waals surface area contributed by atoms with Crippen LogP contribution in [0.2, 0.25) is 0 Å². The Balaban J connectivity index is 1.18. The van der Waals surface area contributed by atoms with Gasteiger partial charge < -0.3 is 10.6 Å². The predicted molar refractivity (Wildman–Crippen MR) is 162 cm³/mol. The van der Waals surface area contributed by atoms with Gasteiger partial charge in [-0.25, -0.2) is 18.4 Å². The van der Waals surface area contributed by atoms with E-state index in [1.54, 1.807) is 42.5 Å². The Kier molecular flexibility index (Phi) is 5.84. The first-order chi connectivity index (χ1) is 20.3. The van der Waals surface area contributed by atoms with Gasteiger partial charge in [0.05, 0.1) is 32.2 Å². The number of aromatic nitrogens is 2. The van der Waals surface area contributed by atoms with Crippen LogP contribution in [0.3, 0.4) is 0 Å². The highest BCUT2D eigenvalue weighted by molar-refractivity contribution is 7.91. The molecule has 2 amide bonds. The minimum Gasteiger partial charge on any atom is -0.326 e. The van der Waals surface area contributed by atoms with Crippen molar-refractivity contribution < 1.29 is 18.0 Å². The van der Waals surface area contributed by atoms with Crippen molar-refractivity contribution in [2.24, 2.45) is 0 Å². The minimum atomic E-state index is -3.91. The predicted octanol–water partition coefficient (Wildman–Crippen LogP) is 6.47. The molecule has 1 aliphatic rings. The van der Waals surface area contributed by atoms with E-state index in [-0.39, 0.29) is 15.7 Å². The lowest BCUT2D eigenvalue weighted by Crippen LogP contribution is -2.13. The highest BCUT2D eigenvalue weighted by atomic mass is 32.2. The van der Waals surface area contributed by atoms with E-state index in [0.29, 0.717) is 28.0 Å². The van der Waals surface area contributed by atoms with Crippen LogP contribution in [0.25, 0.3) is 44.3 Å². The van der Waals surface area contributed by atoms with Crippen molar-refractivity contribution in [1.82, 2.24) is 9.97 Å². The summed E-state index contributed by atoms with van der Waals surface area (Å²) in [5, 5.41) is 7.64. The summed E-state index contributed by atoms with van der Waals surface area (Å²) in [6.07, 6.45) is 0. The second-order valence-corrected chi connectivity index (χ2v) is 12.0. The third kappa shape index (κ3) is 4.27. The monoisotopic (exact) mass is 570 g/mol. The van der Waals surface area contributed by atoms with Gasteiger partial charge in [-0.15, -0.1) is 0 Å². The lowest BCUT2D eigenvalue weighted by molar-refractivity contribution is -0.114. The second-order valence-electron chi connectivity index (χ2n) is 10.0. The Bertz CT molecular complexity index is 2220. The van der Waals surface area contributed by atoms with Gasteiger partial charge in [0.2, 0.25) is 15.7 Å². The fraction of sp³-hybridized carbons (Fsp3) is 0.0303. The number of hydrogen-bond donors (Lipinski definition) is 2. The van der Waals surface area contributed by atoms with Gasteiger partial charge in [-0.3, -0.25) is 9.59 Å². The van der Waals surface area contributed by atoms with Crippen molar-refractivity contribution in [2.45, 2.75) is 16.7 Å². The molecule has 1 aliphatic carbocycles. The molecule has 1 heterocycles. The van der Waals surface area contributed by atoms with Crippen molar-refractivity contribution in [3.05, 3.63) is 109 Å². The van der Waals surface area contributed by atoms with E-state index in [1.807, 2.05) is 24.3 Å². The van der Waals surface area contributed by atoms with Crippen LogP contribution in [0.15, 0.2) is 113 Å². The summed E-state index contributed by atoms with van der Waals surface area (Å²) in [4.78, 5) is 34.5. The van der Waals surface area contributed by atoms with E-state index in [4.69, 9.17) is 9.97 Å². The molecule has 8 nitrogen and oxygen atoms in total. The molecule has 0 radical (unpaired) electrons. The first-order valence-corrected chi connectivity index (χ1v) is 14.6. The number of hydrogen-bond acceptors (Lipinski definition) is 6. The van der Waals surface area contributed by atoms with Crippen LogP contribution < -0.4 is 10.6 Å². The zero-order valence-electron chi connectivity index (χ0n) is 22.3. The summed E-state index contributed by atoms with van der Waals surface area (Å²) < 4.78 is 26.7. The molecule has 9 heteroatoms. The van der Waals surface area contributed by atoms with E-state index in [1.165, 1.54) is 31.2 Å². The lowest BCUT2D eigenvalue weighted by Gasteiger charge is -2.10. The molecule has 0 spiro atoms. The summed E-state index contributed by atoms with van der Waals surface area (Å²) in [6.45, 7) is 1.35. The topological polar surface area (TPSA) is 118 Å². The van der Waals surface area contributed by atoms with Gasteiger partial charge in [0, 0.05) is 40.4 Å². The number of carbonyl (C=O) groups is 2. The van der Waals surface area contributed by atoms with Crippen LogP contribution in [0, 0.1) is 0 Å². The first-order valence-electron chi connectivity index (χ1n) is 13.2. The largest absolute Gasteiger partial charge is 0.326 e. The molecular formula is C33H22N4O4S. The second kappa shape index (κ2) is 9.60. The number of carbonyl (C=O) groups excluding carboxylic acids is 2. The van der Waals surface area contributed by atoms with E-state index in [2.05, 4.69) is 22.8 Å². The molecule has 0 saturated heterocycles. The fourth-order valence-electron chi connectivity index (χ4n) is 5.33. The number of nitrogens with zero attached hydrogens (tertiary/aromatic N) is 2. The Morgan fingerprint density at radius 3 is 1.83 bits per heavy atom. The molecule has 204 valence electrons. The molecule has 0 bridgehead atoms. The van der Waals surface area contributed by atoms with Gasteiger partial charge in [0.15, 0.2) is 0 Å². The third-order valence-electron chi connectivity index (χ3n) is 7.21. The molecule has 5 aromatic carbocycles. The van der Waals surface area contributed by atoms with E-state index >= 15 is 0 Å². The third-order valence-corrected chi connectivity index (χ3v) is 8.96. The number of nitrogens with one attached hydrogen (secondary N) is 2.